The van der Waals surface area contributed by atoms with Crippen LogP contribution in [0.1, 0.15) is 12.8 Å². The lowest BCUT2D eigenvalue weighted by molar-refractivity contribution is 0.244. The first-order valence-corrected chi connectivity index (χ1v) is 9.96. The van der Waals surface area contributed by atoms with Gasteiger partial charge < -0.3 is 4.52 Å². The van der Waals surface area contributed by atoms with Gasteiger partial charge in [-0.25, -0.2) is 17.8 Å². The highest BCUT2D eigenvalue weighted by Gasteiger charge is 2.30. The van der Waals surface area contributed by atoms with Gasteiger partial charge in [-0.05, 0) is 30.9 Å². The number of hydrogen-bond donors (Lipinski definition) is 0. The van der Waals surface area contributed by atoms with Crippen LogP contribution in [0.5, 0.6) is 0 Å². The van der Waals surface area contributed by atoms with Crippen molar-refractivity contribution in [3.63, 3.8) is 0 Å². The van der Waals surface area contributed by atoms with Crippen molar-refractivity contribution in [1.82, 2.24) is 29.0 Å². The van der Waals surface area contributed by atoms with Crippen LogP contribution in [0, 0.1) is 5.92 Å². The summed E-state index contributed by atoms with van der Waals surface area (Å²) in [6, 6.07) is 4.87. The first-order chi connectivity index (χ1) is 13.0. The molecule has 4 heterocycles. The molecule has 4 rings (SSSR count). The summed E-state index contributed by atoms with van der Waals surface area (Å²) in [7, 11) is -3.58. The maximum absolute atomic E-state index is 12.5. The molecular weight excluding hydrogens is 372 g/mol. The fraction of sp³-hybridized carbons (Fsp3) is 0.375. The summed E-state index contributed by atoms with van der Waals surface area (Å²) in [6.07, 6.45) is 7.01. The Morgan fingerprint density at radius 2 is 2.04 bits per heavy atom. The summed E-state index contributed by atoms with van der Waals surface area (Å²) in [5, 5.41) is 11.9. The summed E-state index contributed by atoms with van der Waals surface area (Å²) < 4.78 is 34.1. The Morgan fingerprint density at radius 3 is 2.70 bits per heavy atom. The third-order valence-electron chi connectivity index (χ3n) is 4.64. The zero-order valence-corrected chi connectivity index (χ0v) is 15.2. The van der Waals surface area contributed by atoms with E-state index in [0.717, 1.165) is 6.26 Å². The summed E-state index contributed by atoms with van der Waals surface area (Å²) in [5.74, 6) is 0.726. The van der Waals surface area contributed by atoms with E-state index in [1.807, 2.05) is 0 Å². The van der Waals surface area contributed by atoms with Crippen LogP contribution < -0.4 is 5.56 Å². The number of nitrogens with zero attached hydrogens (tertiary/aromatic N) is 6. The zero-order valence-electron chi connectivity index (χ0n) is 14.4. The Labute approximate surface area is 155 Å². The van der Waals surface area contributed by atoms with E-state index in [9.17, 15) is 13.2 Å². The second-order valence-electron chi connectivity index (χ2n) is 6.37. The van der Waals surface area contributed by atoms with E-state index in [4.69, 9.17) is 0 Å². The molecule has 10 nitrogen and oxygen atoms in total. The monoisotopic (exact) mass is 390 g/mol. The number of piperidine rings is 1. The lowest BCUT2D eigenvalue weighted by atomic mass is 9.98. The van der Waals surface area contributed by atoms with Crippen LogP contribution >= 0.6 is 0 Å². The van der Waals surface area contributed by atoms with Gasteiger partial charge in [0.2, 0.25) is 10.0 Å². The minimum absolute atomic E-state index is 0.0609. The molecule has 1 aliphatic rings. The predicted octanol–water partition coefficient (Wildman–Crippen LogP) is 0.518. The quantitative estimate of drug-likeness (QED) is 0.623. The number of aromatic nitrogens is 5. The average molecular weight is 390 g/mol. The molecule has 0 unspecified atom stereocenters. The Bertz CT molecular complexity index is 1050. The molecule has 0 aromatic carbocycles. The van der Waals surface area contributed by atoms with Gasteiger partial charge in [0, 0.05) is 38.1 Å². The van der Waals surface area contributed by atoms with Crippen molar-refractivity contribution >= 4 is 10.0 Å². The van der Waals surface area contributed by atoms with Crippen molar-refractivity contribution < 1.29 is 12.9 Å². The van der Waals surface area contributed by atoms with Crippen LogP contribution in [0.4, 0.5) is 0 Å². The Morgan fingerprint density at radius 1 is 1.22 bits per heavy atom. The van der Waals surface area contributed by atoms with Crippen LogP contribution in [0.25, 0.3) is 5.82 Å². The molecule has 0 spiro atoms. The molecule has 0 radical (unpaired) electrons. The summed E-state index contributed by atoms with van der Waals surface area (Å²) in [4.78, 5) is 12.2. The van der Waals surface area contributed by atoms with E-state index >= 15 is 0 Å². The maximum Gasteiger partial charge on any atom is 0.266 e. The smallest absolute Gasteiger partial charge is 0.266 e. The van der Waals surface area contributed by atoms with Crippen LogP contribution in [0.15, 0.2) is 57.3 Å². The van der Waals surface area contributed by atoms with E-state index in [0.29, 0.717) is 38.3 Å². The summed E-state index contributed by atoms with van der Waals surface area (Å²) in [5.41, 5.74) is -0.189. The molecule has 0 atom stereocenters. The Kier molecular flexibility index (Phi) is 4.62. The SMILES string of the molecule is O=c1ccc(-n2cccn2)nn1CC1CCN(S(=O)(=O)c2cnoc2)CC1. The highest BCUT2D eigenvalue weighted by atomic mass is 32.2. The minimum Gasteiger partial charge on any atom is -0.363 e. The third-order valence-corrected chi connectivity index (χ3v) is 6.49. The van der Waals surface area contributed by atoms with Gasteiger partial charge in [0.05, 0.1) is 6.20 Å². The molecule has 142 valence electrons. The van der Waals surface area contributed by atoms with Gasteiger partial charge in [0.25, 0.3) is 5.56 Å². The lowest BCUT2D eigenvalue weighted by Gasteiger charge is -2.30. The maximum atomic E-state index is 12.5. The third kappa shape index (κ3) is 3.55. The first-order valence-electron chi connectivity index (χ1n) is 8.52. The van der Waals surface area contributed by atoms with Crippen LogP contribution in [-0.4, -0.2) is 50.5 Å². The zero-order chi connectivity index (χ0) is 18.9. The van der Waals surface area contributed by atoms with E-state index in [2.05, 4.69) is 19.9 Å². The van der Waals surface area contributed by atoms with Crippen LogP contribution in [-0.2, 0) is 16.6 Å². The van der Waals surface area contributed by atoms with Gasteiger partial charge in [-0.2, -0.15) is 9.40 Å². The van der Waals surface area contributed by atoms with Crippen molar-refractivity contribution in [2.75, 3.05) is 13.1 Å². The molecule has 3 aromatic heterocycles. The number of sulfonamides is 1. The van der Waals surface area contributed by atoms with Crippen LogP contribution in [0.3, 0.4) is 0 Å². The van der Waals surface area contributed by atoms with Gasteiger partial charge in [0.15, 0.2) is 5.82 Å². The highest BCUT2D eigenvalue weighted by molar-refractivity contribution is 7.89. The molecule has 0 amide bonds. The fourth-order valence-electron chi connectivity index (χ4n) is 3.14. The van der Waals surface area contributed by atoms with E-state index in [1.165, 1.54) is 21.3 Å². The van der Waals surface area contributed by atoms with E-state index < -0.39 is 10.0 Å². The molecule has 3 aromatic rings. The largest absolute Gasteiger partial charge is 0.363 e. The normalized spacial score (nSPS) is 16.6. The van der Waals surface area contributed by atoms with Gasteiger partial charge in [0.1, 0.15) is 11.2 Å². The van der Waals surface area contributed by atoms with Crippen molar-refractivity contribution in [2.45, 2.75) is 24.3 Å². The topological polar surface area (TPSA) is 116 Å². The molecule has 11 heteroatoms. The summed E-state index contributed by atoms with van der Waals surface area (Å²) in [6.45, 7) is 1.20. The number of rotatable bonds is 5. The van der Waals surface area contributed by atoms with E-state index in [1.54, 1.807) is 29.2 Å². The lowest BCUT2D eigenvalue weighted by Crippen LogP contribution is -2.40. The molecule has 1 saturated heterocycles. The highest BCUT2D eigenvalue weighted by Crippen LogP contribution is 2.24. The molecule has 27 heavy (non-hydrogen) atoms. The van der Waals surface area contributed by atoms with Gasteiger partial charge in [-0.15, -0.1) is 5.10 Å². The molecule has 0 aliphatic carbocycles. The van der Waals surface area contributed by atoms with Crippen molar-refractivity contribution in [2.24, 2.45) is 5.92 Å². The van der Waals surface area contributed by atoms with Gasteiger partial charge in [-0.3, -0.25) is 4.79 Å². The Balaban J connectivity index is 1.44. The summed E-state index contributed by atoms with van der Waals surface area (Å²) >= 11 is 0. The second-order valence-corrected chi connectivity index (χ2v) is 8.31. The van der Waals surface area contributed by atoms with Crippen LogP contribution in [0.2, 0.25) is 0 Å². The number of hydrogen-bond acceptors (Lipinski definition) is 7. The van der Waals surface area contributed by atoms with Gasteiger partial charge in [-0.1, -0.05) is 5.16 Å². The van der Waals surface area contributed by atoms with Crippen molar-refractivity contribution in [1.29, 1.82) is 0 Å². The molecule has 0 N–H and O–H groups in total. The van der Waals surface area contributed by atoms with E-state index in [-0.39, 0.29) is 16.4 Å². The standard InChI is InChI=1S/C16H18N6O4S/c23-16-3-2-15(21-7-1-6-17-21)19-22(16)11-13-4-8-20(9-5-13)27(24,25)14-10-18-26-12-14/h1-3,6-7,10,12-13H,4-5,8-9,11H2. The molecule has 0 bridgehead atoms. The first kappa shape index (κ1) is 17.6. The Hall–Kier alpha value is -2.79. The second kappa shape index (κ2) is 7.08. The average Bonchev–Trinajstić information content (AvgIpc) is 3.38. The van der Waals surface area contributed by atoms with Crippen molar-refractivity contribution in [3.05, 3.63) is 53.4 Å². The molecular formula is C16H18N6O4S. The predicted molar refractivity (Wildman–Crippen MR) is 93.6 cm³/mol. The van der Waals surface area contributed by atoms with Gasteiger partial charge >= 0.3 is 0 Å². The molecule has 0 saturated carbocycles. The minimum atomic E-state index is -3.58. The molecule has 1 aliphatic heterocycles. The molecule has 1 fully saturated rings. The fourth-order valence-corrected chi connectivity index (χ4v) is 4.47. The van der Waals surface area contributed by atoms with Crippen molar-refractivity contribution in [3.8, 4) is 5.82 Å².